The average molecular weight is 342 g/mol. The monoisotopic (exact) mass is 342 g/mol. The summed E-state index contributed by atoms with van der Waals surface area (Å²) < 4.78 is 6.57. The highest BCUT2D eigenvalue weighted by Crippen LogP contribution is 2.21. The van der Waals surface area contributed by atoms with E-state index in [1.165, 1.54) is 0 Å². The molecule has 1 amide bonds. The smallest absolute Gasteiger partial charge is 0.250 e. The van der Waals surface area contributed by atoms with Crippen LogP contribution in [0.4, 0.5) is 11.5 Å². The number of rotatable bonds is 6. The minimum atomic E-state index is -0.212. The molecule has 0 atom stereocenters. The summed E-state index contributed by atoms with van der Waals surface area (Å²) in [7, 11) is 3.83. The minimum absolute atomic E-state index is 0.0225. The molecule has 0 bridgehead atoms. The molecule has 0 unspecified atom stereocenters. The van der Waals surface area contributed by atoms with E-state index < -0.39 is 0 Å². The first-order chi connectivity index (χ1) is 11.6. The third-order valence-corrected chi connectivity index (χ3v) is 4.30. The number of nitrogens with zero attached hydrogens (tertiary/aromatic N) is 3. The van der Waals surface area contributed by atoms with Gasteiger partial charge in [0.15, 0.2) is 0 Å². The Morgan fingerprint density at radius 3 is 2.79 bits per heavy atom. The molecule has 0 aliphatic heterocycles. The van der Waals surface area contributed by atoms with Gasteiger partial charge >= 0.3 is 0 Å². The number of carbonyl (C=O) groups excluding carboxylic acids is 1. The molecular formula is C17H18N4O2S. The van der Waals surface area contributed by atoms with Crippen LogP contribution in [0.15, 0.2) is 42.6 Å². The van der Waals surface area contributed by atoms with Crippen molar-refractivity contribution in [2.24, 2.45) is 0 Å². The molecule has 0 saturated heterocycles. The highest BCUT2D eigenvalue weighted by Gasteiger charge is 2.07. The number of anilines is 2. The maximum Gasteiger partial charge on any atom is 0.250 e. The Balaban J connectivity index is 1.48. The zero-order valence-corrected chi connectivity index (χ0v) is 14.3. The molecule has 0 saturated carbocycles. The fourth-order valence-corrected chi connectivity index (χ4v) is 3.04. The van der Waals surface area contributed by atoms with Crippen LogP contribution in [0.1, 0.15) is 5.01 Å². The van der Waals surface area contributed by atoms with Crippen molar-refractivity contribution < 1.29 is 9.53 Å². The zero-order chi connectivity index (χ0) is 16.9. The molecule has 3 rings (SSSR count). The number of thiazole rings is 1. The molecule has 3 aromatic rings. The van der Waals surface area contributed by atoms with Gasteiger partial charge in [-0.2, -0.15) is 0 Å². The summed E-state index contributed by atoms with van der Waals surface area (Å²) in [5, 5.41) is 3.62. The number of aromatic nitrogens is 2. The van der Waals surface area contributed by atoms with Crippen LogP contribution in [-0.2, 0) is 16.1 Å². The first-order valence-corrected chi connectivity index (χ1v) is 8.29. The van der Waals surface area contributed by atoms with Gasteiger partial charge < -0.3 is 15.0 Å². The van der Waals surface area contributed by atoms with E-state index in [9.17, 15) is 4.79 Å². The van der Waals surface area contributed by atoms with Gasteiger partial charge in [-0.05, 0) is 24.3 Å². The second-order valence-corrected chi connectivity index (χ2v) is 6.53. The van der Waals surface area contributed by atoms with E-state index in [4.69, 9.17) is 4.74 Å². The molecule has 7 heteroatoms. The van der Waals surface area contributed by atoms with Crippen LogP contribution < -0.4 is 10.2 Å². The predicted molar refractivity (Wildman–Crippen MR) is 96.5 cm³/mol. The van der Waals surface area contributed by atoms with Crippen molar-refractivity contribution in [2.75, 3.05) is 30.9 Å². The highest BCUT2D eigenvalue weighted by atomic mass is 32.1. The van der Waals surface area contributed by atoms with Crippen molar-refractivity contribution >= 4 is 39.0 Å². The Hall–Kier alpha value is -2.51. The van der Waals surface area contributed by atoms with E-state index in [1.54, 1.807) is 17.5 Å². The molecule has 1 aromatic carbocycles. The van der Waals surface area contributed by atoms with Crippen LogP contribution >= 0.6 is 11.3 Å². The molecule has 124 valence electrons. The Labute approximate surface area is 144 Å². The van der Waals surface area contributed by atoms with Gasteiger partial charge in [0, 0.05) is 14.1 Å². The van der Waals surface area contributed by atoms with Gasteiger partial charge in [0.2, 0.25) is 5.91 Å². The number of ether oxygens (including phenoxy) is 1. The molecule has 1 N–H and O–H groups in total. The van der Waals surface area contributed by atoms with Crippen LogP contribution in [0.3, 0.4) is 0 Å². The lowest BCUT2D eigenvalue weighted by Crippen LogP contribution is -2.18. The van der Waals surface area contributed by atoms with E-state index in [0.29, 0.717) is 12.3 Å². The number of benzene rings is 1. The normalized spacial score (nSPS) is 10.8. The largest absolute Gasteiger partial charge is 0.364 e. The molecule has 0 aliphatic carbocycles. The van der Waals surface area contributed by atoms with Gasteiger partial charge in [-0.15, -0.1) is 11.3 Å². The Morgan fingerprint density at radius 1 is 1.25 bits per heavy atom. The Kier molecular flexibility index (Phi) is 5.02. The van der Waals surface area contributed by atoms with Gasteiger partial charge in [-0.25, -0.2) is 9.97 Å². The van der Waals surface area contributed by atoms with E-state index in [-0.39, 0.29) is 12.5 Å². The number of amides is 1. The third kappa shape index (κ3) is 4.06. The Morgan fingerprint density at radius 2 is 2.08 bits per heavy atom. The van der Waals surface area contributed by atoms with Crippen molar-refractivity contribution in [3.8, 4) is 0 Å². The molecular weight excluding hydrogens is 324 g/mol. The van der Waals surface area contributed by atoms with Crippen molar-refractivity contribution in [2.45, 2.75) is 6.61 Å². The van der Waals surface area contributed by atoms with Gasteiger partial charge in [0.05, 0.1) is 28.7 Å². The molecule has 0 radical (unpaired) electrons. The molecule has 6 nitrogen and oxygen atoms in total. The number of pyridine rings is 1. The van der Waals surface area contributed by atoms with Crippen LogP contribution in [-0.4, -0.2) is 36.6 Å². The molecule has 2 aromatic heterocycles. The number of hydrogen-bond acceptors (Lipinski definition) is 6. The summed E-state index contributed by atoms with van der Waals surface area (Å²) in [4.78, 5) is 22.5. The standard InChI is InChI=1S/C17H18N4O2S/c1-21(2)15-8-7-12(9-18-15)19-16(22)10-23-11-17-20-13-5-3-4-6-14(13)24-17/h3-9H,10-11H2,1-2H3,(H,19,22). The van der Waals surface area contributed by atoms with Crippen LogP contribution in [0.2, 0.25) is 0 Å². The van der Waals surface area contributed by atoms with Gasteiger partial charge in [0.1, 0.15) is 17.4 Å². The number of nitrogens with one attached hydrogen (secondary N) is 1. The number of hydrogen-bond donors (Lipinski definition) is 1. The maximum absolute atomic E-state index is 11.9. The van der Waals surface area contributed by atoms with Gasteiger partial charge in [-0.1, -0.05) is 12.1 Å². The summed E-state index contributed by atoms with van der Waals surface area (Å²) in [5.41, 5.74) is 1.60. The van der Waals surface area contributed by atoms with E-state index in [2.05, 4.69) is 15.3 Å². The number of para-hydroxylation sites is 1. The summed E-state index contributed by atoms with van der Waals surface area (Å²) in [5.74, 6) is 0.621. The van der Waals surface area contributed by atoms with Crippen LogP contribution in [0.5, 0.6) is 0 Å². The summed E-state index contributed by atoms with van der Waals surface area (Å²) in [6, 6.07) is 11.6. The third-order valence-electron chi connectivity index (χ3n) is 3.29. The molecule has 0 fully saturated rings. The lowest BCUT2D eigenvalue weighted by molar-refractivity contribution is -0.121. The molecule has 0 aliphatic rings. The zero-order valence-electron chi connectivity index (χ0n) is 13.5. The summed E-state index contributed by atoms with van der Waals surface area (Å²) in [6.07, 6.45) is 1.63. The molecule has 24 heavy (non-hydrogen) atoms. The lowest BCUT2D eigenvalue weighted by atomic mass is 10.3. The quantitative estimate of drug-likeness (QED) is 0.746. The lowest BCUT2D eigenvalue weighted by Gasteiger charge is -2.11. The van der Waals surface area contributed by atoms with Crippen LogP contribution in [0.25, 0.3) is 10.2 Å². The highest BCUT2D eigenvalue weighted by molar-refractivity contribution is 7.18. The molecule has 2 heterocycles. The second kappa shape index (κ2) is 7.37. The van der Waals surface area contributed by atoms with Gasteiger partial charge in [-0.3, -0.25) is 4.79 Å². The summed E-state index contributed by atoms with van der Waals surface area (Å²) >= 11 is 1.57. The molecule has 0 spiro atoms. The number of fused-ring (bicyclic) bond motifs is 1. The minimum Gasteiger partial charge on any atom is -0.364 e. The average Bonchev–Trinajstić information content (AvgIpc) is 2.98. The second-order valence-electron chi connectivity index (χ2n) is 5.42. The van der Waals surface area contributed by atoms with E-state index in [0.717, 1.165) is 21.0 Å². The fraction of sp³-hybridized carbons (Fsp3) is 0.235. The first-order valence-electron chi connectivity index (χ1n) is 7.47. The SMILES string of the molecule is CN(C)c1ccc(NC(=O)COCc2nc3ccccc3s2)cn1. The predicted octanol–water partition coefficient (Wildman–Crippen LogP) is 2.91. The van der Waals surface area contributed by atoms with E-state index >= 15 is 0 Å². The topological polar surface area (TPSA) is 67.4 Å². The number of carbonyl (C=O) groups is 1. The van der Waals surface area contributed by atoms with Crippen molar-refractivity contribution in [1.82, 2.24) is 9.97 Å². The Bertz CT molecular complexity index is 797. The van der Waals surface area contributed by atoms with Crippen molar-refractivity contribution in [1.29, 1.82) is 0 Å². The van der Waals surface area contributed by atoms with Crippen LogP contribution in [0, 0.1) is 0 Å². The van der Waals surface area contributed by atoms with Crippen molar-refractivity contribution in [3.63, 3.8) is 0 Å². The van der Waals surface area contributed by atoms with Gasteiger partial charge in [0.25, 0.3) is 0 Å². The first kappa shape index (κ1) is 16.4. The van der Waals surface area contributed by atoms with E-state index in [1.807, 2.05) is 55.4 Å². The fourth-order valence-electron chi connectivity index (χ4n) is 2.13. The maximum atomic E-state index is 11.9. The van der Waals surface area contributed by atoms with Crippen molar-refractivity contribution in [3.05, 3.63) is 47.6 Å². The summed E-state index contributed by atoms with van der Waals surface area (Å²) in [6.45, 7) is 0.302.